The van der Waals surface area contributed by atoms with Gasteiger partial charge < -0.3 is 10.1 Å². The number of benzene rings is 3. The van der Waals surface area contributed by atoms with Crippen molar-refractivity contribution in [3.05, 3.63) is 112 Å². The largest absolute Gasteiger partial charge is 0.496 e. The van der Waals surface area contributed by atoms with Crippen molar-refractivity contribution in [3.63, 3.8) is 0 Å². The van der Waals surface area contributed by atoms with Crippen molar-refractivity contribution in [2.24, 2.45) is 15.4 Å². The minimum Gasteiger partial charge on any atom is -0.496 e. The van der Waals surface area contributed by atoms with Crippen molar-refractivity contribution in [2.45, 2.75) is 90.0 Å². The monoisotopic (exact) mass is 663 g/mol. The van der Waals surface area contributed by atoms with E-state index in [2.05, 4.69) is 61.7 Å². The van der Waals surface area contributed by atoms with Gasteiger partial charge in [0.15, 0.2) is 0 Å². The van der Waals surface area contributed by atoms with Crippen LogP contribution in [-0.2, 0) is 4.79 Å². The van der Waals surface area contributed by atoms with Gasteiger partial charge in [0.1, 0.15) is 17.4 Å². The molecule has 1 N–H and O–H groups in total. The Balaban J connectivity index is 0. The Kier molecular flexibility index (Phi) is 22.7. The summed E-state index contributed by atoms with van der Waals surface area (Å²) in [5, 5.41) is 2.72. The molecule has 5 nitrogen and oxygen atoms in total. The molecule has 7 heteroatoms. The molecule has 48 heavy (non-hydrogen) atoms. The second kappa shape index (κ2) is 23.9. The first-order chi connectivity index (χ1) is 22.4. The van der Waals surface area contributed by atoms with Crippen molar-refractivity contribution in [2.75, 3.05) is 14.2 Å². The molecule has 0 unspecified atom stereocenters. The number of rotatable bonds is 5. The van der Waals surface area contributed by atoms with E-state index in [1.165, 1.54) is 18.6 Å². The number of carbonyl (C=O) groups is 1. The summed E-state index contributed by atoms with van der Waals surface area (Å²) in [6, 6.07) is 16.7. The summed E-state index contributed by atoms with van der Waals surface area (Å²) in [7, 11) is 3.44. The quantitative estimate of drug-likeness (QED) is 0.276. The summed E-state index contributed by atoms with van der Waals surface area (Å²) in [5.41, 5.74) is 8.17. The summed E-state index contributed by atoms with van der Waals surface area (Å²) in [6.45, 7) is 28.8. The number of aliphatic imine (C=N–C) groups is 2. The topological polar surface area (TPSA) is 63.1 Å². The van der Waals surface area contributed by atoms with Gasteiger partial charge in [-0.15, -0.1) is 0 Å². The molecule has 0 aliphatic heterocycles. The molecule has 0 aromatic heterocycles. The number of ether oxygens (including phenoxy) is 1. The number of aryl methyl sites for hydroxylation is 4. The third-order valence-electron chi connectivity index (χ3n) is 6.36. The number of allylic oxidation sites excluding steroid dienone is 3. The van der Waals surface area contributed by atoms with Crippen LogP contribution >= 0.6 is 0 Å². The molecular weight excluding hydrogens is 604 g/mol. The van der Waals surface area contributed by atoms with E-state index in [0.29, 0.717) is 11.1 Å². The number of nitrogens with zero attached hydrogens (tertiary/aromatic N) is 2. The average Bonchev–Trinajstić information content (AvgIpc) is 3.00. The minimum atomic E-state index is -0.483. The smallest absolute Gasteiger partial charge is 0.220 e. The van der Waals surface area contributed by atoms with Crippen LogP contribution in [0.4, 0.5) is 14.5 Å². The Morgan fingerprint density at radius 3 is 1.73 bits per heavy atom. The van der Waals surface area contributed by atoms with Gasteiger partial charge in [-0.05, 0) is 88.9 Å². The normalized spacial score (nSPS) is 10.9. The molecule has 0 fully saturated rings. The van der Waals surface area contributed by atoms with Crippen LogP contribution in [0.3, 0.4) is 0 Å². The molecule has 0 spiro atoms. The highest BCUT2D eigenvalue weighted by atomic mass is 19.1. The molecule has 0 aliphatic rings. The van der Waals surface area contributed by atoms with Crippen LogP contribution in [0.25, 0.3) is 5.57 Å². The van der Waals surface area contributed by atoms with Gasteiger partial charge in [-0.25, -0.2) is 8.78 Å². The fourth-order valence-corrected chi connectivity index (χ4v) is 3.95. The van der Waals surface area contributed by atoms with Crippen LogP contribution in [0.5, 0.6) is 5.75 Å². The van der Waals surface area contributed by atoms with Crippen LogP contribution in [0.2, 0.25) is 0 Å². The van der Waals surface area contributed by atoms with E-state index >= 15 is 0 Å². The predicted molar refractivity (Wildman–Crippen MR) is 205 cm³/mol. The van der Waals surface area contributed by atoms with Crippen LogP contribution in [0, 0.1) is 44.7 Å². The number of nitrogens with one attached hydrogen (secondary N) is 1. The molecule has 3 aromatic carbocycles. The van der Waals surface area contributed by atoms with E-state index in [-0.39, 0.29) is 11.3 Å². The first-order valence-electron chi connectivity index (χ1n) is 16.1. The molecule has 1 amide bonds. The summed E-state index contributed by atoms with van der Waals surface area (Å²) >= 11 is 0. The van der Waals surface area contributed by atoms with Gasteiger partial charge in [-0.1, -0.05) is 83.2 Å². The summed E-state index contributed by atoms with van der Waals surface area (Å²) in [4.78, 5) is 19.3. The number of carbonyl (C=O) groups excluding carboxylic acids is 1. The molecule has 0 atom stereocenters. The zero-order valence-electron chi connectivity index (χ0n) is 32.0. The van der Waals surface area contributed by atoms with E-state index in [4.69, 9.17) is 4.74 Å². The van der Waals surface area contributed by atoms with Crippen molar-refractivity contribution >= 4 is 29.1 Å². The Hall–Kier alpha value is -4.39. The molecule has 3 rings (SSSR count). The molecule has 0 bridgehead atoms. The predicted octanol–water partition coefficient (Wildman–Crippen LogP) is 11.5. The SMILES string of the molecule is C=C(C)c1cc(OC)c(C)cc1N=CC.CC.CN=C(/C=C(\C)NC(C)=O)C(C)(C)C.Cc1cc(C)c(F)cc1F.Cc1ccccc1. The third-order valence-corrected chi connectivity index (χ3v) is 6.36. The highest BCUT2D eigenvalue weighted by Gasteiger charge is 2.16. The number of halogens is 2. The van der Waals surface area contributed by atoms with Gasteiger partial charge in [-0.2, -0.15) is 0 Å². The highest BCUT2D eigenvalue weighted by molar-refractivity contribution is 5.99. The lowest BCUT2D eigenvalue weighted by Crippen LogP contribution is -2.22. The van der Waals surface area contributed by atoms with Crippen LogP contribution in [0.1, 0.15) is 90.1 Å². The summed E-state index contributed by atoms with van der Waals surface area (Å²) < 4.78 is 30.3. The fraction of sp³-hybridized carbons (Fsp3) is 0.390. The van der Waals surface area contributed by atoms with Gasteiger partial charge in [-0.3, -0.25) is 14.8 Å². The van der Waals surface area contributed by atoms with Gasteiger partial charge >= 0.3 is 0 Å². The maximum Gasteiger partial charge on any atom is 0.220 e. The Labute approximate surface area is 290 Å². The molecular formula is C41H59F2N3O2. The van der Waals surface area contributed by atoms with Gasteiger partial charge in [0.05, 0.1) is 12.8 Å². The maximum absolute atomic E-state index is 12.5. The van der Waals surface area contributed by atoms with Crippen LogP contribution in [-0.4, -0.2) is 32.0 Å². The van der Waals surface area contributed by atoms with E-state index < -0.39 is 11.6 Å². The van der Waals surface area contributed by atoms with Crippen LogP contribution in [0.15, 0.2) is 82.9 Å². The van der Waals surface area contributed by atoms with E-state index in [1.54, 1.807) is 34.2 Å². The molecule has 0 saturated heterocycles. The number of amides is 1. The Morgan fingerprint density at radius 1 is 0.875 bits per heavy atom. The molecule has 0 heterocycles. The van der Waals surface area contributed by atoms with Crippen molar-refractivity contribution in [1.29, 1.82) is 0 Å². The second-order valence-electron chi connectivity index (χ2n) is 11.9. The van der Waals surface area contributed by atoms with Gasteiger partial charge in [0.2, 0.25) is 5.91 Å². The summed E-state index contributed by atoms with van der Waals surface area (Å²) in [5.74, 6) is -0.141. The number of hydrogen-bond acceptors (Lipinski definition) is 4. The van der Waals surface area contributed by atoms with Crippen LogP contribution < -0.4 is 10.1 Å². The first-order valence-corrected chi connectivity index (χ1v) is 16.1. The van der Waals surface area contributed by atoms with E-state index in [0.717, 1.165) is 45.6 Å². The van der Waals surface area contributed by atoms with Gasteiger partial charge in [0, 0.05) is 48.6 Å². The molecule has 0 saturated carbocycles. The van der Waals surface area contributed by atoms with E-state index in [1.807, 2.05) is 78.0 Å². The lowest BCUT2D eigenvalue weighted by molar-refractivity contribution is -0.118. The molecule has 0 radical (unpaired) electrons. The highest BCUT2D eigenvalue weighted by Crippen LogP contribution is 2.32. The molecule has 0 aliphatic carbocycles. The zero-order valence-corrected chi connectivity index (χ0v) is 32.0. The lowest BCUT2D eigenvalue weighted by Gasteiger charge is -2.19. The van der Waals surface area contributed by atoms with Crippen molar-refractivity contribution in [3.8, 4) is 5.75 Å². The Morgan fingerprint density at radius 2 is 1.40 bits per heavy atom. The second-order valence-corrected chi connectivity index (χ2v) is 11.9. The maximum atomic E-state index is 12.5. The minimum absolute atomic E-state index is 0.00841. The fourth-order valence-electron chi connectivity index (χ4n) is 3.95. The summed E-state index contributed by atoms with van der Waals surface area (Å²) in [6.07, 6.45) is 3.69. The van der Waals surface area contributed by atoms with Crippen molar-refractivity contribution in [1.82, 2.24) is 5.32 Å². The van der Waals surface area contributed by atoms with E-state index in [9.17, 15) is 13.6 Å². The number of hydrogen-bond donors (Lipinski definition) is 1. The van der Waals surface area contributed by atoms with Gasteiger partial charge in [0.25, 0.3) is 0 Å². The third kappa shape index (κ3) is 18.7. The lowest BCUT2D eigenvalue weighted by atomic mass is 9.89. The number of methoxy groups -OCH3 is 1. The molecule has 264 valence electrons. The zero-order chi connectivity index (χ0) is 37.6. The average molecular weight is 664 g/mol. The standard InChI is InChI=1S/C13H17NO.C11H20N2O.C8H8F2.C7H8.C2H6/c1-6-14-12-7-10(4)13(15-5)8-11(12)9(2)3;1-8(13-9(2)14)7-10(12-6)11(3,4)5;1-5-3-6(2)8(10)4-7(5)9;1-7-5-3-2-4-6-7;1-2/h6-8H,2H2,1,3-5H3;7H,1-6H3,(H,13,14);3-4H,1-2H3;2-6H,1H3;1-2H3/b;8-7+,12-10?;;;. The van der Waals surface area contributed by atoms with Crippen molar-refractivity contribution < 1.29 is 18.3 Å². The molecule has 3 aromatic rings. The first kappa shape index (κ1) is 45.7. The Bertz CT molecular complexity index is 1470.